The highest BCUT2D eigenvalue weighted by atomic mass is 35.5. The minimum Gasteiger partial charge on any atom is -0.482 e. The summed E-state index contributed by atoms with van der Waals surface area (Å²) in [7, 11) is -3.86. The van der Waals surface area contributed by atoms with E-state index in [1.165, 1.54) is 12.1 Å². The second kappa shape index (κ2) is 9.73. The van der Waals surface area contributed by atoms with E-state index in [9.17, 15) is 22.8 Å². The van der Waals surface area contributed by atoms with Crippen LogP contribution >= 0.6 is 11.6 Å². The van der Waals surface area contributed by atoms with Crippen LogP contribution in [0.15, 0.2) is 17.0 Å². The summed E-state index contributed by atoms with van der Waals surface area (Å²) in [6.45, 7) is 2.75. The maximum absolute atomic E-state index is 12.7. The summed E-state index contributed by atoms with van der Waals surface area (Å²) in [5.41, 5.74) is 0.298. The number of likely N-dealkylation sites (tertiary alicyclic amines) is 1. The number of piperidine rings is 1. The molecule has 2 aliphatic heterocycles. The number of nitrogens with one attached hydrogen (secondary N) is 2. The average molecular weight is 474 g/mol. The maximum Gasteiger partial charge on any atom is 0.409 e. The average Bonchev–Trinajstić information content (AvgIpc) is 2.72. The first-order chi connectivity index (χ1) is 14.7. The zero-order chi connectivity index (χ0) is 22.6. The summed E-state index contributed by atoms with van der Waals surface area (Å²) < 4.78 is 35.6. The molecule has 0 bridgehead atoms. The van der Waals surface area contributed by atoms with E-state index in [-0.39, 0.29) is 46.7 Å². The molecule has 0 radical (unpaired) electrons. The lowest BCUT2D eigenvalue weighted by Crippen LogP contribution is -2.46. The first kappa shape index (κ1) is 23.1. The number of sulfone groups is 1. The van der Waals surface area contributed by atoms with Gasteiger partial charge in [-0.3, -0.25) is 9.59 Å². The summed E-state index contributed by atoms with van der Waals surface area (Å²) in [6.07, 6.45) is 0.531. The normalized spacial score (nSPS) is 16.7. The van der Waals surface area contributed by atoms with E-state index in [1.54, 1.807) is 11.8 Å². The summed E-state index contributed by atoms with van der Waals surface area (Å²) in [6, 6.07) is 2.44. The van der Waals surface area contributed by atoms with E-state index >= 15 is 0 Å². The minimum absolute atomic E-state index is 0.0590. The highest BCUT2D eigenvalue weighted by molar-refractivity contribution is 7.91. The smallest absolute Gasteiger partial charge is 0.409 e. The fourth-order valence-electron chi connectivity index (χ4n) is 3.38. The number of rotatable bonds is 6. The molecule has 3 amide bonds. The summed E-state index contributed by atoms with van der Waals surface area (Å²) >= 11 is 6.10. The fourth-order valence-corrected chi connectivity index (χ4v) is 5.21. The highest BCUT2D eigenvalue weighted by Crippen LogP contribution is 2.36. The predicted octanol–water partition coefficient (Wildman–Crippen LogP) is 1.57. The number of fused-ring (bicyclic) bond motifs is 1. The monoisotopic (exact) mass is 473 g/mol. The largest absolute Gasteiger partial charge is 0.482 e. The van der Waals surface area contributed by atoms with Crippen molar-refractivity contribution in [3.63, 3.8) is 0 Å². The molecular formula is C19H24ClN3O7S. The van der Waals surface area contributed by atoms with Gasteiger partial charge in [0.1, 0.15) is 5.75 Å². The van der Waals surface area contributed by atoms with Gasteiger partial charge in [-0.15, -0.1) is 0 Å². The van der Waals surface area contributed by atoms with E-state index in [4.69, 9.17) is 21.1 Å². The Balaban J connectivity index is 1.53. The van der Waals surface area contributed by atoms with Crippen molar-refractivity contribution < 1.29 is 32.3 Å². The lowest BCUT2D eigenvalue weighted by Gasteiger charge is -2.31. The topological polar surface area (TPSA) is 131 Å². The highest BCUT2D eigenvalue weighted by Gasteiger charge is 2.27. The molecule has 0 atom stereocenters. The lowest BCUT2D eigenvalue weighted by atomic mass is 10.1. The molecule has 12 heteroatoms. The van der Waals surface area contributed by atoms with Crippen molar-refractivity contribution in [2.45, 2.75) is 37.1 Å². The Kier molecular flexibility index (Phi) is 7.26. The predicted molar refractivity (Wildman–Crippen MR) is 112 cm³/mol. The van der Waals surface area contributed by atoms with Crippen molar-refractivity contribution in [1.29, 1.82) is 0 Å². The first-order valence-corrected chi connectivity index (χ1v) is 11.9. The number of hydrogen-bond donors (Lipinski definition) is 2. The van der Waals surface area contributed by atoms with Gasteiger partial charge < -0.3 is 25.0 Å². The molecule has 1 fully saturated rings. The summed E-state index contributed by atoms with van der Waals surface area (Å²) in [5, 5.41) is 5.31. The fraction of sp³-hybridized carbons (Fsp3) is 0.526. The number of benzene rings is 1. The molecule has 0 aliphatic carbocycles. The van der Waals surface area contributed by atoms with E-state index in [0.717, 1.165) is 0 Å². The van der Waals surface area contributed by atoms with Gasteiger partial charge >= 0.3 is 6.09 Å². The Morgan fingerprint density at radius 1 is 1.32 bits per heavy atom. The van der Waals surface area contributed by atoms with E-state index in [1.807, 2.05) is 0 Å². The van der Waals surface area contributed by atoms with Crippen LogP contribution in [0.2, 0.25) is 5.02 Å². The van der Waals surface area contributed by atoms with Gasteiger partial charge in [0.15, 0.2) is 16.4 Å². The molecule has 1 saturated heterocycles. The molecule has 2 heterocycles. The van der Waals surface area contributed by atoms with Crippen LogP contribution < -0.4 is 15.4 Å². The standard InChI is InChI=1S/C19H24ClN3O7S/c1-2-29-19(26)23-6-3-12(4-7-23)21-17(24)5-8-31(27,28)16-10-15-14(9-13(16)20)22-18(25)11-30-15/h9-10,12H,2-8,11H2,1H3,(H,21,24)(H,22,25). The van der Waals surface area contributed by atoms with Crippen molar-refractivity contribution in [2.75, 3.05) is 37.4 Å². The second-order valence-electron chi connectivity index (χ2n) is 7.21. The Morgan fingerprint density at radius 3 is 2.71 bits per heavy atom. The van der Waals surface area contributed by atoms with Gasteiger partial charge in [0.25, 0.3) is 5.91 Å². The Morgan fingerprint density at radius 2 is 2.03 bits per heavy atom. The molecule has 0 aromatic heterocycles. The molecule has 31 heavy (non-hydrogen) atoms. The van der Waals surface area contributed by atoms with Gasteiger partial charge in [0, 0.05) is 31.6 Å². The van der Waals surface area contributed by atoms with Gasteiger partial charge in [-0.05, 0) is 25.8 Å². The van der Waals surface area contributed by atoms with Crippen molar-refractivity contribution in [3.05, 3.63) is 17.2 Å². The van der Waals surface area contributed by atoms with Gasteiger partial charge in [-0.25, -0.2) is 13.2 Å². The third-order valence-electron chi connectivity index (χ3n) is 4.99. The number of hydrogen-bond acceptors (Lipinski definition) is 7. The van der Waals surface area contributed by atoms with Gasteiger partial charge in [-0.1, -0.05) is 11.6 Å². The molecule has 0 saturated carbocycles. The van der Waals surface area contributed by atoms with Crippen LogP contribution in [-0.2, 0) is 24.2 Å². The zero-order valence-corrected chi connectivity index (χ0v) is 18.6. The maximum atomic E-state index is 12.7. The number of carbonyl (C=O) groups excluding carboxylic acids is 3. The Labute approximate surface area is 185 Å². The van der Waals surface area contributed by atoms with Crippen molar-refractivity contribution in [3.8, 4) is 5.75 Å². The van der Waals surface area contributed by atoms with Gasteiger partial charge in [0.2, 0.25) is 5.91 Å². The molecule has 1 aromatic rings. The third kappa shape index (κ3) is 5.79. The van der Waals surface area contributed by atoms with Crippen LogP contribution in [0.25, 0.3) is 0 Å². The van der Waals surface area contributed by atoms with E-state index < -0.39 is 21.5 Å². The Hall–Kier alpha value is -2.53. The number of amides is 3. The first-order valence-electron chi connectivity index (χ1n) is 9.89. The minimum atomic E-state index is -3.86. The molecule has 1 aromatic carbocycles. The quantitative estimate of drug-likeness (QED) is 0.641. The Bertz CT molecular complexity index is 975. The van der Waals surface area contributed by atoms with Crippen LogP contribution in [0, 0.1) is 0 Å². The van der Waals surface area contributed by atoms with Crippen LogP contribution in [0.3, 0.4) is 0 Å². The van der Waals surface area contributed by atoms with Gasteiger partial charge in [-0.2, -0.15) is 0 Å². The van der Waals surface area contributed by atoms with E-state index in [0.29, 0.717) is 38.2 Å². The molecule has 2 N–H and O–H groups in total. The van der Waals surface area contributed by atoms with Crippen LogP contribution in [-0.4, -0.2) is 69.3 Å². The molecule has 170 valence electrons. The second-order valence-corrected chi connectivity index (χ2v) is 9.70. The van der Waals surface area contributed by atoms with Crippen molar-refractivity contribution >= 4 is 45.0 Å². The van der Waals surface area contributed by atoms with Crippen LogP contribution in [0.4, 0.5) is 10.5 Å². The van der Waals surface area contributed by atoms with Crippen LogP contribution in [0.1, 0.15) is 26.2 Å². The zero-order valence-electron chi connectivity index (χ0n) is 17.0. The molecule has 10 nitrogen and oxygen atoms in total. The number of halogens is 1. The summed E-state index contributed by atoms with van der Waals surface area (Å²) in [5.74, 6) is -0.967. The molecule has 0 spiro atoms. The van der Waals surface area contributed by atoms with Crippen molar-refractivity contribution in [1.82, 2.24) is 10.2 Å². The molecular weight excluding hydrogens is 450 g/mol. The summed E-state index contributed by atoms with van der Waals surface area (Å²) in [4.78, 5) is 36.8. The van der Waals surface area contributed by atoms with Crippen LogP contribution in [0.5, 0.6) is 5.75 Å². The molecule has 0 unspecified atom stereocenters. The lowest BCUT2D eigenvalue weighted by molar-refractivity contribution is -0.121. The SMILES string of the molecule is CCOC(=O)N1CCC(NC(=O)CCS(=O)(=O)c2cc3c(cc2Cl)NC(=O)CO3)CC1. The third-order valence-corrected chi connectivity index (χ3v) is 7.16. The molecule has 3 rings (SSSR count). The van der Waals surface area contributed by atoms with E-state index in [2.05, 4.69) is 10.6 Å². The van der Waals surface area contributed by atoms with Crippen molar-refractivity contribution in [2.24, 2.45) is 0 Å². The molecule has 2 aliphatic rings. The van der Waals surface area contributed by atoms with Gasteiger partial charge in [0.05, 0.1) is 28.0 Å². The number of anilines is 1. The number of nitrogens with zero attached hydrogens (tertiary/aromatic N) is 1. The number of ether oxygens (including phenoxy) is 2. The number of carbonyl (C=O) groups is 3.